The highest BCUT2D eigenvalue weighted by Gasteiger charge is 2.37. The van der Waals surface area contributed by atoms with Gasteiger partial charge in [-0.3, -0.25) is 14.8 Å². The first-order valence-electron chi connectivity index (χ1n) is 13.6. The van der Waals surface area contributed by atoms with E-state index in [1.807, 2.05) is 54.5 Å². The van der Waals surface area contributed by atoms with Gasteiger partial charge in [-0.05, 0) is 61.2 Å². The van der Waals surface area contributed by atoms with Gasteiger partial charge in [-0.2, -0.15) is 10.4 Å². The van der Waals surface area contributed by atoms with Gasteiger partial charge < -0.3 is 19.5 Å². The van der Waals surface area contributed by atoms with Gasteiger partial charge in [-0.1, -0.05) is 6.07 Å². The summed E-state index contributed by atoms with van der Waals surface area (Å²) in [6, 6.07) is 11.5. The molecule has 0 saturated carbocycles. The Hall–Kier alpha value is -4.98. The Morgan fingerprint density at radius 1 is 1.20 bits per heavy atom. The number of nitriles is 1. The highest BCUT2D eigenvalue weighted by atomic mass is 16.5. The third kappa shape index (κ3) is 5.54. The molecule has 1 amide bonds. The molecule has 0 aromatic carbocycles. The Labute approximate surface area is 238 Å². The van der Waals surface area contributed by atoms with E-state index < -0.39 is 0 Å². The van der Waals surface area contributed by atoms with Gasteiger partial charge in [0.05, 0.1) is 30.3 Å². The van der Waals surface area contributed by atoms with Crippen LogP contribution in [-0.4, -0.2) is 61.3 Å². The molecular weight excluding hydrogens is 518 g/mol. The lowest BCUT2D eigenvalue weighted by atomic mass is 9.88. The lowest BCUT2D eigenvalue weighted by molar-refractivity contribution is 0.0886. The summed E-state index contributed by atoms with van der Waals surface area (Å²) < 4.78 is 7.93. The van der Waals surface area contributed by atoms with Crippen LogP contribution in [0.5, 0.6) is 0 Å². The molecular formula is C30H31N9O2. The molecule has 0 aliphatic carbocycles. The van der Waals surface area contributed by atoms with E-state index in [0.29, 0.717) is 18.1 Å². The van der Waals surface area contributed by atoms with E-state index in [4.69, 9.17) is 9.72 Å². The number of rotatable bonds is 7. The number of hydrogen-bond acceptors (Lipinski definition) is 9. The molecule has 11 nitrogen and oxygen atoms in total. The van der Waals surface area contributed by atoms with E-state index >= 15 is 0 Å². The Morgan fingerprint density at radius 3 is 2.73 bits per heavy atom. The maximum atomic E-state index is 12.7. The van der Waals surface area contributed by atoms with Crippen molar-refractivity contribution in [1.82, 2.24) is 29.8 Å². The van der Waals surface area contributed by atoms with E-state index in [1.165, 1.54) is 0 Å². The summed E-state index contributed by atoms with van der Waals surface area (Å²) in [5.41, 5.74) is 2.77. The molecule has 11 heteroatoms. The number of nitrogens with zero attached hydrogens (tertiary/aromatic N) is 8. The monoisotopic (exact) mass is 549 g/mol. The molecule has 2 unspecified atom stereocenters. The quantitative estimate of drug-likeness (QED) is 0.476. The topological polar surface area (TPSA) is 125 Å². The molecule has 0 bridgehead atoms. The van der Waals surface area contributed by atoms with Crippen molar-refractivity contribution in [3.8, 4) is 6.07 Å². The van der Waals surface area contributed by atoms with Crippen LogP contribution in [0, 0.1) is 17.2 Å². The highest BCUT2D eigenvalue weighted by Crippen LogP contribution is 2.36. The molecule has 2 atom stereocenters. The van der Waals surface area contributed by atoms with Gasteiger partial charge in [0.1, 0.15) is 29.8 Å². The average Bonchev–Trinajstić information content (AvgIpc) is 3.62. The molecule has 3 aliphatic rings. The Balaban J connectivity index is 1.14. The van der Waals surface area contributed by atoms with Crippen molar-refractivity contribution in [3.05, 3.63) is 90.2 Å². The van der Waals surface area contributed by atoms with E-state index in [-0.39, 0.29) is 23.4 Å². The maximum absolute atomic E-state index is 12.7. The fourth-order valence-corrected chi connectivity index (χ4v) is 5.39. The molecule has 1 fully saturated rings. The minimum absolute atomic E-state index is 0.150. The first kappa shape index (κ1) is 26.3. The third-order valence-corrected chi connectivity index (χ3v) is 7.74. The summed E-state index contributed by atoms with van der Waals surface area (Å²) in [6.07, 6.45) is 14.2. The number of allylic oxidation sites excluding steroid dienone is 1. The zero-order chi connectivity index (χ0) is 28.4. The number of hydrazone groups is 1. The Bertz CT molecular complexity index is 1540. The van der Waals surface area contributed by atoms with Crippen molar-refractivity contribution in [2.75, 3.05) is 18.0 Å². The molecule has 1 saturated heterocycles. The van der Waals surface area contributed by atoms with Crippen molar-refractivity contribution >= 4 is 23.5 Å². The molecule has 0 radical (unpaired) electrons. The molecule has 3 aromatic heterocycles. The second-order valence-corrected chi connectivity index (χ2v) is 10.8. The second kappa shape index (κ2) is 10.9. The number of pyridine rings is 2. The third-order valence-electron chi connectivity index (χ3n) is 7.74. The van der Waals surface area contributed by atoms with Crippen molar-refractivity contribution in [2.24, 2.45) is 18.1 Å². The van der Waals surface area contributed by atoms with Crippen molar-refractivity contribution in [2.45, 2.75) is 38.0 Å². The van der Waals surface area contributed by atoms with Crippen LogP contribution >= 0.6 is 0 Å². The standard InChI is InChI=1S/C30H31N9O2/c1-30(36-29(40)26-5-3-4-10-32-26)8-11-38(12-9-30)27-7-6-21(15-33-27)25-13-24(41-19-23-17-37(2)20-34-23)18-39-28(25)22(14-31)16-35-39/h3-7,10,13,15-18,20,22,28H,8-9,11-12,19H2,1-2H3,(H,36,40). The summed E-state index contributed by atoms with van der Waals surface area (Å²) >= 11 is 0. The summed E-state index contributed by atoms with van der Waals surface area (Å²) in [4.78, 5) is 28.2. The number of aryl methyl sites for hydroxylation is 1. The van der Waals surface area contributed by atoms with E-state index in [0.717, 1.165) is 48.6 Å². The minimum Gasteiger partial charge on any atom is -0.486 e. The summed E-state index contributed by atoms with van der Waals surface area (Å²) in [6.45, 7) is 3.94. The van der Waals surface area contributed by atoms with Gasteiger partial charge in [-0.25, -0.2) is 9.97 Å². The Morgan fingerprint density at radius 2 is 2.05 bits per heavy atom. The molecule has 1 N–H and O–H groups in total. The predicted molar refractivity (Wildman–Crippen MR) is 153 cm³/mol. The van der Waals surface area contributed by atoms with Crippen molar-refractivity contribution < 1.29 is 9.53 Å². The van der Waals surface area contributed by atoms with Crippen LogP contribution < -0.4 is 10.2 Å². The number of anilines is 1. The van der Waals surface area contributed by atoms with Gasteiger partial charge in [0.15, 0.2) is 0 Å². The fourth-order valence-electron chi connectivity index (χ4n) is 5.39. The molecule has 6 heterocycles. The molecule has 41 heavy (non-hydrogen) atoms. The van der Waals surface area contributed by atoms with E-state index in [2.05, 4.69) is 38.3 Å². The number of piperidine rings is 1. The average molecular weight is 550 g/mol. The number of carbonyl (C=O) groups is 1. The van der Waals surface area contributed by atoms with Gasteiger partial charge in [0.25, 0.3) is 5.91 Å². The number of amides is 1. The van der Waals surface area contributed by atoms with E-state index in [1.54, 1.807) is 35.9 Å². The van der Waals surface area contributed by atoms with Gasteiger partial charge in [-0.15, -0.1) is 0 Å². The van der Waals surface area contributed by atoms with Crippen LogP contribution in [0.1, 0.15) is 41.5 Å². The van der Waals surface area contributed by atoms with Crippen LogP contribution in [0.4, 0.5) is 5.82 Å². The predicted octanol–water partition coefficient (Wildman–Crippen LogP) is 3.26. The number of carbonyl (C=O) groups excluding carboxylic acids is 1. The van der Waals surface area contributed by atoms with E-state index in [9.17, 15) is 10.1 Å². The molecule has 3 aliphatic heterocycles. The summed E-state index contributed by atoms with van der Waals surface area (Å²) in [5, 5.41) is 19.2. The van der Waals surface area contributed by atoms with Crippen LogP contribution in [-0.2, 0) is 18.4 Å². The zero-order valence-electron chi connectivity index (χ0n) is 23.0. The smallest absolute Gasteiger partial charge is 0.270 e. The summed E-state index contributed by atoms with van der Waals surface area (Å²) in [7, 11) is 1.92. The lowest BCUT2D eigenvalue weighted by Crippen LogP contribution is -2.53. The second-order valence-electron chi connectivity index (χ2n) is 10.8. The van der Waals surface area contributed by atoms with Gasteiger partial charge >= 0.3 is 0 Å². The SMILES string of the molecule is Cn1cnc(COC2=CN3N=CC(C#N)C3C(c3ccc(N4CCC(C)(NC(=O)c5ccccn5)CC4)nc3)=C2)c1. The number of ether oxygens (including phenoxy) is 1. The Kier molecular flexibility index (Phi) is 6.97. The number of aromatic nitrogens is 4. The first-order chi connectivity index (χ1) is 19.9. The highest BCUT2D eigenvalue weighted by molar-refractivity contribution is 5.92. The minimum atomic E-state index is -0.379. The summed E-state index contributed by atoms with van der Waals surface area (Å²) in [5.74, 6) is 0.991. The fraction of sp³-hybridized carbons (Fsp3) is 0.333. The van der Waals surface area contributed by atoms with Gasteiger partial charge in [0.2, 0.25) is 0 Å². The van der Waals surface area contributed by atoms with Crippen LogP contribution in [0.25, 0.3) is 5.57 Å². The number of nitrogens with one attached hydrogen (secondary N) is 1. The lowest BCUT2D eigenvalue weighted by Gasteiger charge is -2.40. The number of hydrogen-bond donors (Lipinski definition) is 1. The normalized spacial score (nSPS) is 21.0. The molecule has 208 valence electrons. The number of fused-ring (bicyclic) bond motifs is 1. The van der Waals surface area contributed by atoms with Crippen LogP contribution in [0.2, 0.25) is 0 Å². The molecule has 0 spiro atoms. The largest absolute Gasteiger partial charge is 0.486 e. The van der Waals surface area contributed by atoms with Crippen LogP contribution in [0.15, 0.2) is 78.4 Å². The molecule has 3 aromatic rings. The zero-order valence-corrected chi connectivity index (χ0v) is 23.0. The van der Waals surface area contributed by atoms with Gasteiger partial charge in [0, 0.05) is 50.5 Å². The van der Waals surface area contributed by atoms with Crippen molar-refractivity contribution in [3.63, 3.8) is 0 Å². The first-order valence-corrected chi connectivity index (χ1v) is 13.6. The van der Waals surface area contributed by atoms with Crippen LogP contribution in [0.3, 0.4) is 0 Å². The molecule has 6 rings (SSSR count). The number of imidazole rings is 1. The van der Waals surface area contributed by atoms with Crippen molar-refractivity contribution in [1.29, 1.82) is 5.26 Å². The maximum Gasteiger partial charge on any atom is 0.270 e.